The number of nitrogens with one attached hydrogen (secondary N) is 1. The lowest BCUT2D eigenvalue weighted by atomic mass is 9.40. The molecule has 4 heterocycles. The average Bonchev–Trinajstić information content (AvgIpc) is 3.97. The topological polar surface area (TPSA) is 205 Å². The highest BCUT2D eigenvalue weighted by Crippen LogP contribution is 2.73. The summed E-state index contributed by atoms with van der Waals surface area (Å²) in [5.74, 6) is 2.57. The van der Waals surface area contributed by atoms with Crippen LogP contribution >= 0.6 is 0 Å². The van der Waals surface area contributed by atoms with Crippen LogP contribution in [0.2, 0.25) is 0 Å². The number of aromatic nitrogens is 6. The second-order valence-corrected chi connectivity index (χ2v) is 20.1. The number of amides is 2. The van der Waals surface area contributed by atoms with Gasteiger partial charge in [-0.2, -0.15) is 0 Å². The van der Waals surface area contributed by atoms with Crippen LogP contribution in [0.15, 0.2) is 36.5 Å². The number of likely N-dealkylation sites (tertiary alicyclic amines) is 2. The number of hydrogen-bond acceptors (Lipinski definition) is 16. The largest absolute Gasteiger partial charge is 0.379 e. The monoisotopic (exact) mass is 1020 g/mol. The van der Waals surface area contributed by atoms with Crippen LogP contribution in [0, 0.1) is 18.3 Å². The normalized spacial score (nSPS) is 20.7. The lowest BCUT2D eigenvalue weighted by Gasteiger charge is -2.80. The Morgan fingerprint density at radius 1 is 0.699 bits per heavy atom. The Hall–Kier alpha value is -4.25. The summed E-state index contributed by atoms with van der Waals surface area (Å²) < 4.78 is 48.3. The molecule has 2 saturated carbocycles. The molecule has 20 heteroatoms. The van der Waals surface area contributed by atoms with E-state index in [1.54, 1.807) is 11.6 Å². The van der Waals surface area contributed by atoms with Gasteiger partial charge in [0.05, 0.1) is 130 Å². The zero-order valence-corrected chi connectivity index (χ0v) is 44.0. The first-order chi connectivity index (χ1) is 35.7. The fraction of sp³-hybridized carbons (Fsp3) is 0.755. The van der Waals surface area contributed by atoms with Gasteiger partial charge in [-0.3, -0.25) is 19.3 Å². The summed E-state index contributed by atoms with van der Waals surface area (Å²) in [5, 5.41) is 20.9. The van der Waals surface area contributed by atoms with Crippen molar-refractivity contribution in [3.63, 3.8) is 0 Å². The number of benzene rings is 1. The molecule has 2 amide bonds. The fourth-order valence-electron chi connectivity index (χ4n) is 10.7. The van der Waals surface area contributed by atoms with Gasteiger partial charge < -0.3 is 52.7 Å². The Balaban J connectivity index is 0.645. The van der Waals surface area contributed by atoms with Crippen molar-refractivity contribution in [3.05, 3.63) is 59.4 Å². The first kappa shape index (κ1) is 56.5. The molecular formula is C53H83N9O11. The molecule has 5 atom stereocenters. The molecule has 4 fully saturated rings. The minimum Gasteiger partial charge on any atom is -0.379 e. The number of piperidine rings is 2. The lowest BCUT2D eigenvalue weighted by Crippen LogP contribution is -2.85. The van der Waals surface area contributed by atoms with Crippen LogP contribution in [0.3, 0.4) is 0 Å². The number of carbonyl (C=O) groups excluding carboxylic acids is 3. The first-order valence-electron chi connectivity index (χ1n) is 27.0. The molecule has 4 aliphatic rings. The van der Waals surface area contributed by atoms with E-state index in [4.69, 9.17) is 37.9 Å². The van der Waals surface area contributed by atoms with Gasteiger partial charge in [0.2, 0.25) is 11.8 Å². The van der Waals surface area contributed by atoms with Gasteiger partial charge in [-0.05, 0) is 64.4 Å². The molecule has 1 spiro atoms. The van der Waals surface area contributed by atoms with E-state index in [1.165, 1.54) is 12.8 Å². The number of rotatable bonds is 40. The smallest absolute Gasteiger partial charge is 0.227 e. The van der Waals surface area contributed by atoms with Gasteiger partial charge in [-0.15, -0.1) is 15.3 Å². The van der Waals surface area contributed by atoms with Crippen molar-refractivity contribution in [3.8, 4) is 0 Å². The van der Waals surface area contributed by atoms with Crippen molar-refractivity contribution in [2.75, 3.05) is 125 Å². The van der Waals surface area contributed by atoms with E-state index in [0.717, 1.165) is 61.6 Å². The number of hydrogen-bond donors (Lipinski definition) is 1. The Morgan fingerprint density at radius 2 is 1.29 bits per heavy atom. The molecule has 2 saturated heterocycles. The quantitative estimate of drug-likeness (QED) is 0.0789. The van der Waals surface area contributed by atoms with Gasteiger partial charge in [0.25, 0.3) is 0 Å². The molecule has 7 rings (SSSR count). The third kappa shape index (κ3) is 16.1. The molecule has 2 aromatic heterocycles. The SMILES string of the molecule is CC(=O)CCOCCOCCOCCOCCOCCOCCOCCOCCn1cc(CCCCC(=O)N2CC(C(=O)N[C@@H](CCN3C4CCC45C3CC5n3c(C)nnc3C(C)C)c3ccccc3)C2)nn1. The maximum absolute atomic E-state index is 13.6. The lowest BCUT2D eigenvalue weighted by molar-refractivity contribution is -0.295. The summed E-state index contributed by atoms with van der Waals surface area (Å²) >= 11 is 0. The molecule has 0 radical (unpaired) electrons. The maximum atomic E-state index is 13.6. The van der Waals surface area contributed by atoms with Gasteiger partial charge >= 0.3 is 0 Å². The maximum Gasteiger partial charge on any atom is 0.227 e. The summed E-state index contributed by atoms with van der Waals surface area (Å²) in [6.07, 6.45) is 9.65. The second kappa shape index (κ2) is 29.7. The van der Waals surface area contributed by atoms with E-state index >= 15 is 0 Å². The van der Waals surface area contributed by atoms with Crippen molar-refractivity contribution in [2.24, 2.45) is 11.3 Å². The molecule has 0 bridgehead atoms. The molecular weight excluding hydrogens is 939 g/mol. The van der Waals surface area contributed by atoms with Crippen molar-refractivity contribution in [2.45, 2.75) is 122 Å². The molecule has 1 aromatic carbocycles. The Labute approximate surface area is 431 Å². The summed E-state index contributed by atoms with van der Waals surface area (Å²) in [6.45, 7) is 18.2. The first-order valence-corrected chi connectivity index (χ1v) is 27.0. The third-order valence-electron chi connectivity index (χ3n) is 14.8. The highest BCUT2D eigenvalue weighted by Gasteiger charge is 2.75. The van der Waals surface area contributed by atoms with Crippen LogP contribution in [0.5, 0.6) is 0 Å². The molecule has 4 unspecified atom stereocenters. The number of unbranched alkanes of at least 4 members (excludes halogenated alkanes) is 1. The van der Waals surface area contributed by atoms with E-state index in [0.29, 0.717) is 168 Å². The van der Waals surface area contributed by atoms with Crippen LogP contribution < -0.4 is 5.32 Å². The fourth-order valence-corrected chi connectivity index (χ4v) is 10.7. The Morgan fingerprint density at radius 3 is 1.84 bits per heavy atom. The van der Waals surface area contributed by atoms with Gasteiger partial charge in [0.15, 0.2) is 0 Å². The highest BCUT2D eigenvalue weighted by molar-refractivity contribution is 5.84. The van der Waals surface area contributed by atoms with E-state index in [2.05, 4.69) is 68.2 Å². The third-order valence-corrected chi connectivity index (χ3v) is 14.8. The Bertz CT molecular complexity index is 2090. The minimum atomic E-state index is -0.186. The van der Waals surface area contributed by atoms with Gasteiger partial charge in [-0.25, -0.2) is 4.68 Å². The Kier molecular flexibility index (Phi) is 23.0. The van der Waals surface area contributed by atoms with E-state index in [9.17, 15) is 14.4 Å². The minimum absolute atomic E-state index is 0.0363. The van der Waals surface area contributed by atoms with E-state index in [1.807, 2.05) is 29.3 Å². The zero-order chi connectivity index (χ0) is 51.3. The number of ether oxygens (including phenoxy) is 8. The van der Waals surface area contributed by atoms with Crippen LogP contribution in [0.25, 0.3) is 0 Å². The second-order valence-electron chi connectivity index (χ2n) is 20.1. The standard InChI is InChI=1S/C53H83N9O11/c1-40(2)51-57-55-42(4)62(51)49-36-48-53(49)17-14-47(53)61(48)18-15-46(43-10-6-5-7-11-43)54-52(65)44-37-59(38-44)50(64)13-9-8-12-45-39-60(58-56-45)19-21-67-23-25-69-27-29-71-31-33-73-35-34-72-32-30-70-28-26-68-24-22-66-20-16-41(3)63/h5-7,10-11,39-40,44,46-49H,8-9,12-38H2,1-4H3,(H,54,65)/t46-,47?,48?,49?,53?/m0/s1. The zero-order valence-electron chi connectivity index (χ0n) is 44.0. The van der Waals surface area contributed by atoms with Crippen LogP contribution in [-0.2, 0) is 65.2 Å². The molecule has 1 N–H and O–H groups in total. The van der Waals surface area contributed by atoms with Crippen LogP contribution in [0.4, 0.5) is 0 Å². The average molecular weight is 1020 g/mol. The number of aryl methyl sites for hydroxylation is 2. The van der Waals surface area contributed by atoms with Gasteiger partial charge in [0.1, 0.15) is 17.4 Å². The van der Waals surface area contributed by atoms with Gasteiger partial charge in [-0.1, -0.05) is 49.4 Å². The molecule has 2 aliphatic heterocycles. The predicted molar refractivity (Wildman–Crippen MR) is 270 cm³/mol. The van der Waals surface area contributed by atoms with E-state index < -0.39 is 0 Å². The molecule has 20 nitrogen and oxygen atoms in total. The predicted octanol–water partition coefficient (Wildman–Crippen LogP) is 4.31. The van der Waals surface area contributed by atoms with Crippen LogP contribution in [-0.4, -0.2) is 195 Å². The molecule has 3 aromatic rings. The summed E-state index contributed by atoms with van der Waals surface area (Å²) in [7, 11) is 0. The van der Waals surface area contributed by atoms with Crippen molar-refractivity contribution in [1.82, 2.24) is 44.9 Å². The summed E-state index contributed by atoms with van der Waals surface area (Å²) in [6, 6.07) is 11.9. The van der Waals surface area contributed by atoms with Gasteiger partial charge in [0, 0.05) is 68.1 Å². The molecule has 406 valence electrons. The number of nitrogens with zero attached hydrogens (tertiary/aromatic N) is 8. The van der Waals surface area contributed by atoms with Crippen molar-refractivity contribution >= 4 is 17.6 Å². The van der Waals surface area contributed by atoms with Crippen molar-refractivity contribution in [1.29, 1.82) is 0 Å². The van der Waals surface area contributed by atoms with E-state index in [-0.39, 0.29) is 29.6 Å². The number of Topliss-reactive ketones (excluding diaryl/α,β-unsaturated/α-hetero) is 1. The summed E-state index contributed by atoms with van der Waals surface area (Å²) in [4.78, 5) is 42.0. The summed E-state index contributed by atoms with van der Waals surface area (Å²) in [5.41, 5.74) is 2.37. The molecule has 2 aliphatic carbocycles. The number of carbonyl (C=O) groups is 3. The highest BCUT2D eigenvalue weighted by atomic mass is 16.6. The number of ketones is 1. The van der Waals surface area contributed by atoms with Crippen molar-refractivity contribution < 1.29 is 52.3 Å². The van der Waals surface area contributed by atoms with Crippen LogP contribution in [0.1, 0.15) is 113 Å². The molecule has 73 heavy (non-hydrogen) atoms.